The summed E-state index contributed by atoms with van der Waals surface area (Å²) >= 11 is 3.12. The number of thioether (sulfide) groups is 1. The van der Waals surface area contributed by atoms with Gasteiger partial charge in [-0.05, 0) is 36.8 Å². The molecule has 2 heterocycles. The van der Waals surface area contributed by atoms with E-state index in [-0.39, 0.29) is 11.9 Å². The lowest BCUT2D eigenvalue weighted by Crippen LogP contribution is -2.27. The first-order valence-corrected chi connectivity index (χ1v) is 11.0. The Balaban J connectivity index is 1.42. The number of rotatable bonds is 8. The van der Waals surface area contributed by atoms with Crippen molar-refractivity contribution in [3.8, 4) is 0 Å². The van der Waals surface area contributed by atoms with Crippen molar-refractivity contribution in [3.63, 3.8) is 0 Å². The predicted octanol–water partition coefficient (Wildman–Crippen LogP) is 4.23. The zero-order valence-corrected chi connectivity index (χ0v) is 16.8. The third-order valence-corrected chi connectivity index (χ3v) is 6.57. The molecule has 0 radical (unpaired) electrons. The quantitative estimate of drug-likeness (QED) is 0.577. The number of hydrogen-bond donors (Lipinski definition) is 1. The molecule has 1 saturated carbocycles. The van der Waals surface area contributed by atoms with Crippen LogP contribution in [0, 0.1) is 0 Å². The highest BCUT2D eigenvalue weighted by Crippen LogP contribution is 2.40. The first-order chi connectivity index (χ1) is 13.2. The Morgan fingerprint density at radius 3 is 2.78 bits per heavy atom. The van der Waals surface area contributed by atoms with Crippen LogP contribution in [0.15, 0.2) is 53.0 Å². The van der Waals surface area contributed by atoms with Crippen LogP contribution in [0.5, 0.6) is 0 Å². The van der Waals surface area contributed by atoms with Crippen LogP contribution in [0.2, 0.25) is 0 Å². The topological polar surface area (TPSA) is 59.8 Å². The van der Waals surface area contributed by atoms with E-state index in [1.165, 1.54) is 30.2 Å². The average Bonchev–Trinajstić information content (AvgIpc) is 3.21. The molecule has 0 bridgehead atoms. The maximum atomic E-state index is 12.4. The highest BCUT2D eigenvalue weighted by Gasteiger charge is 2.30. The Morgan fingerprint density at radius 2 is 2.07 bits per heavy atom. The number of amides is 1. The highest BCUT2D eigenvalue weighted by atomic mass is 32.2. The molecule has 0 spiro atoms. The molecule has 1 aliphatic carbocycles. The molecule has 140 valence electrons. The van der Waals surface area contributed by atoms with E-state index in [0.29, 0.717) is 11.7 Å². The van der Waals surface area contributed by atoms with Crippen molar-refractivity contribution in [1.82, 2.24) is 20.1 Å². The van der Waals surface area contributed by atoms with Crippen LogP contribution in [-0.4, -0.2) is 26.4 Å². The number of nitrogens with zero attached hydrogens (tertiary/aromatic N) is 3. The number of hydrogen-bond acceptors (Lipinski definition) is 5. The molecule has 27 heavy (non-hydrogen) atoms. The largest absolute Gasteiger partial charge is 0.348 e. The summed E-state index contributed by atoms with van der Waals surface area (Å²) in [6, 6.07) is 14.4. The van der Waals surface area contributed by atoms with E-state index in [1.54, 1.807) is 11.3 Å². The van der Waals surface area contributed by atoms with E-state index in [4.69, 9.17) is 0 Å². The van der Waals surface area contributed by atoms with Gasteiger partial charge in [-0.15, -0.1) is 21.5 Å². The van der Waals surface area contributed by atoms with E-state index in [9.17, 15) is 4.79 Å². The van der Waals surface area contributed by atoms with E-state index in [1.807, 2.05) is 42.6 Å². The van der Waals surface area contributed by atoms with Gasteiger partial charge in [-0.2, -0.15) is 0 Å². The number of carbonyl (C=O) groups is 1. The number of aromatic nitrogens is 3. The van der Waals surface area contributed by atoms with Crippen LogP contribution in [-0.2, 0) is 11.3 Å². The predicted molar refractivity (Wildman–Crippen MR) is 109 cm³/mol. The summed E-state index contributed by atoms with van der Waals surface area (Å²) < 4.78 is 2.17. The third kappa shape index (κ3) is 4.59. The van der Waals surface area contributed by atoms with Gasteiger partial charge in [0.1, 0.15) is 5.82 Å². The van der Waals surface area contributed by atoms with Crippen molar-refractivity contribution >= 4 is 29.0 Å². The Morgan fingerprint density at radius 1 is 1.26 bits per heavy atom. The molecule has 2 aromatic heterocycles. The molecule has 1 unspecified atom stereocenters. The van der Waals surface area contributed by atoms with Gasteiger partial charge in [0.25, 0.3) is 0 Å². The smallest absolute Gasteiger partial charge is 0.230 e. The molecule has 1 N–H and O–H groups in total. The molecule has 1 amide bonds. The van der Waals surface area contributed by atoms with Crippen LogP contribution in [0.1, 0.15) is 48.0 Å². The first-order valence-electron chi connectivity index (χ1n) is 9.13. The summed E-state index contributed by atoms with van der Waals surface area (Å²) in [6.07, 6.45) is 2.35. The van der Waals surface area contributed by atoms with Crippen LogP contribution >= 0.6 is 23.1 Å². The number of nitrogens with one attached hydrogen (secondary N) is 1. The second kappa shape index (κ2) is 8.27. The summed E-state index contributed by atoms with van der Waals surface area (Å²) in [4.78, 5) is 13.5. The van der Waals surface area contributed by atoms with Gasteiger partial charge in [0.05, 0.1) is 18.3 Å². The van der Waals surface area contributed by atoms with Crippen molar-refractivity contribution < 1.29 is 4.79 Å². The van der Waals surface area contributed by atoms with Crippen LogP contribution < -0.4 is 5.32 Å². The van der Waals surface area contributed by atoms with Gasteiger partial charge in [0.2, 0.25) is 5.91 Å². The van der Waals surface area contributed by atoms with E-state index in [0.717, 1.165) is 22.4 Å². The zero-order valence-electron chi connectivity index (χ0n) is 15.2. The van der Waals surface area contributed by atoms with Gasteiger partial charge in [-0.1, -0.05) is 48.2 Å². The minimum Gasteiger partial charge on any atom is -0.348 e. The normalized spacial score (nSPS) is 14.9. The Bertz CT molecular complexity index is 888. The SMILES string of the molecule is CC(NC(=O)CSc1nnc(C2CC2)n1Cc1ccccc1)c1cccs1. The van der Waals surface area contributed by atoms with Crippen molar-refractivity contribution in [1.29, 1.82) is 0 Å². The van der Waals surface area contributed by atoms with Crippen molar-refractivity contribution in [2.24, 2.45) is 0 Å². The van der Waals surface area contributed by atoms with E-state index >= 15 is 0 Å². The Hall–Kier alpha value is -2.12. The molecule has 1 aromatic carbocycles. The molecule has 1 fully saturated rings. The first kappa shape index (κ1) is 18.3. The van der Waals surface area contributed by atoms with E-state index in [2.05, 4.69) is 32.2 Å². The molecule has 1 atom stereocenters. The summed E-state index contributed by atoms with van der Waals surface area (Å²) in [5, 5.41) is 14.7. The highest BCUT2D eigenvalue weighted by molar-refractivity contribution is 7.99. The number of benzene rings is 1. The number of carbonyl (C=O) groups excluding carboxylic acids is 1. The van der Waals surface area contributed by atoms with Crippen LogP contribution in [0.4, 0.5) is 0 Å². The fraction of sp³-hybridized carbons (Fsp3) is 0.350. The monoisotopic (exact) mass is 398 g/mol. The van der Waals surface area contributed by atoms with Gasteiger partial charge in [0.15, 0.2) is 5.16 Å². The molecule has 4 rings (SSSR count). The molecule has 1 aliphatic rings. The molecule has 0 aliphatic heterocycles. The molecular weight excluding hydrogens is 376 g/mol. The minimum absolute atomic E-state index is 0.0168. The van der Waals surface area contributed by atoms with Gasteiger partial charge in [-0.25, -0.2) is 0 Å². The number of thiophene rings is 1. The summed E-state index contributed by atoms with van der Waals surface area (Å²) in [5.74, 6) is 1.92. The Labute approximate surface area is 167 Å². The van der Waals surface area contributed by atoms with Crippen molar-refractivity contribution in [2.75, 3.05) is 5.75 Å². The lowest BCUT2D eigenvalue weighted by Gasteiger charge is -2.13. The Kier molecular flexibility index (Phi) is 5.59. The lowest BCUT2D eigenvalue weighted by atomic mass is 10.2. The molecule has 0 saturated heterocycles. The van der Waals surface area contributed by atoms with Crippen molar-refractivity contribution in [2.45, 2.75) is 43.4 Å². The molecule has 5 nitrogen and oxygen atoms in total. The fourth-order valence-electron chi connectivity index (χ4n) is 2.99. The summed E-state index contributed by atoms with van der Waals surface area (Å²) in [6.45, 7) is 2.76. The third-order valence-electron chi connectivity index (χ3n) is 4.55. The van der Waals surface area contributed by atoms with Gasteiger partial charge >= 0.3 is 0 Å². The average molecular weight is 399 g/mol. The summed E-state index contributed by atoms with van der Waals surface area (Å²) in [7, 11) is 0. The van der Waals surface area contributed by atoms with E-state index < -0.39 is 0 Å². The zero-order chi connectivity index (χ0) is 18.6. The van der Waals surface area contributed by atoms with Gasteiger partial charge in [-0.3, -0.25) is 4.79 Å². The van der Waals surface area contributed by atoms with Crippen molar-refractivity contribution in [3.05, 3.63) is 64.1 Å². The molecular formula is C20H22N4OS2. The molecule has 3 aromatic rings. The van der Waals surface area contributed by atoms with Crippen LogP contribution in [0.3, 0.4) is 0 Å². The van der Waals surface area contributed by atoms with Gasteiger partial charge in [0, 0.05) is 10.8 Å². The molecule has 7 heteroatoms. The second-order valence-corrected chi connectivity index (χ2v) is 8.70. The summed E-state index contributed by atoms with van der Waals surface area (Å²) in [5.41, 5.74) is 1.22. The van der Waals surface area contributed by atoms with Gasteiger partial charge < -0.3 is 9.88 Å². The lowest BCUT2D eigenvalue weighted by molar-refractivity contribution is -0.119. The maximum absolute atomic E-state index is 12.4. The maximum Gasteiger partial charge on any atom is 0.230 e. The van der Waals surface area contributed by atoms with Crippen LogP contribution in [0.25, 0.3) is 0 Å². The second-order valence-electron chi connectivity index (χ2n) is 6.78. The fourth-order valence-corrected chi connectivity index (χ4v) is 4.48. The minimum atomic E-state index is 0.0168. The standard InChI is InChI=1S/C20H22N4OS2/c1-14(17-8-5-11-26-17)21-18(25)13-27-20-23-22-19(16-9-10-16)24(20)12-15-6-3-2-4-7-15/h2-8,11,14,16H,9-10,12-13H2,1H3,(H,21,25).